The molecule has 2 aromatic carbocycles. The number of thioether (sulfide) groups is 2. The minimum absolute atomic E-state index is 0.0215. The molecule has 3 aromatic rings. The molecule has 0 bridgehead atoms. The number of rotatable bonds is 6. The lowest BCUT2D eigenvalue weighted by atomic mass is 10.1. The van der Waals surface area contributed by atoms with Crippen molar-refractivity contribution in [2.45, 2.75) is 17.9 Å². The average molecular weight is 443 g/mol. The Balaban J connectivity index is 1.31. The summed E-state index contributed by atoms with van der Waals surface area (Å²) in [4.78, 5) is 16.8. The molecule has 1 fully saturated rings. The molecule has 2 heterocycles. The van der Waals surface area contributed by atoms with Crippen LogP contribution in [0.3, 0.4) is 0 Å². The van der Waals surface area contributed by atoms with E-state index in [4.69, 9.17) is 4.74 Å². The number of nitrogens with one attached hydrogen (secondary N) is 1. The topological polar surface area (TPSA) is 51.2 Å². The zero-order valence-corrected chi connectivity index (χ0v) is 18.5. The lowest BCUT2D eigenvalue weighted by Crippen LogP contribution is -2.20. The molecular formula is C22H22N2O2S3. The van der Waals surface area contributed by atoms with Gasteiger partial charge in [-0.1, -0.05) is 24.3 Å². The maximum atomic E-state index is 12.3. The summed E-state index contributed by atoms with van der Waals surface area (Å²) in [5.41, 5.74) is 3.96. The number of carbonyl (C=O) groups excluding carboxylic acids is 1. The molecule has 0 atom stereocenters. The molecule has 4 rings (SSSR count). The van der Waals surface area contributed by atoms with Crippen LogP contribution >= 0.6 is 34.9 Å². The van der Waals surface area contributed by atoms with Crippen LogP contribution in [0.1, 0.15) is 21.6 Å². The van der Waals surface area contributed by atoms with E-state index in [1.54, 1.807) is 11.3 Å². The van der Waals surface area contributed by atoms with E-state index in [1.807, 2.05) is 72.2 Å². The maximum Gasteiger partial charge on any atom is 0.262 e. The number of carbonyl (C=O) groups is 1. The predicted octanol–water partition coefficient (Wildman–Crippen LogP) is 6.00. The number of benzene rings is 2. The number of aryl methyl sites for hydroxylation is 1. The number of anilines is 1. The monoisotopic (exact) mass is 442 g/mol. The number of hydrogen-bond acceptors (Lipinski definition) is 6. The summed E-state index contributed by atoms with van der Waals surface area (Å²) >= 11 is 5.61. The third-order valence-electron chi connectivity index (χ3n) is 4.41. The average Bonchev–Trinajstić information content (AvgIpc) is 3.20. The second-order valence-corrected chi connectivity index (χ2v) is 10.5. The van der Waals surface area contributed by atoms with Crippen LogP contribution < -0.4 is 10.1 Å². The lowest BCUT2D eigenvalue weighted by molar-refractivity contribution is -0.118. The van der Waals surface area contributed by atoms with Crippen molar-refractivity contribution >= 4 is 46.5 Å². The molecule has 0 aliphatic carbocycles. The molecule has 29 heavy (non-hydrogen) atoms. The van der Waals surface area contributed by atoms with Gasteiger partial charge in [0.05, 0.1) is 15.3 Å². The minimum Gasteiger partial charge on any atom is -0.484 e. The number of amides is 1. The number of nitrogens with zero attached hydrogens (tertiary/aromatic N) is 1. The number of aromatic nitrogens is 1. The third kappa shape index (κ3) is 5.56. The second kappa shape index (κ2) is 9.69. The SMILES string of the molecule is Cc1nc(-c2cccc(NC(=O)COc3ccc(C4SCCCS4)cc3)c2)cs1. The Hall–Kier alpha value is -1.96. The molecule has 0 spiro atoms. The molecule has 0 unspecified atom stereocenters. The van der Waals surface area contributed by atoms with Crippen LogP contribution in [-0.2, 0) is 4.79 Å². The van der Waals surface area contributed by atoms with Gasteiger partial charge in [-0.05, 0) is 54.7 Å². The molecule has 1 saturated heterocycles. The largest absolute Gasteiger partial charge is 0.484 e. The van der Waals surface area contributed by atoms with E-state index in [-0.39, 0.29) is 12.5 Å². The minimum atomic E-state index is -0.181. The number of thiazole rings is 1. The normalized spacial score (nSPS) is 14.5. The van der Waals surface area contributed by atoms with Gasteiger partial charge in [-0.3, -0.25) is 4.79 Å². The molecule has 1 aliphatic rings. The van der Waals surface area contributed by atoms with Gasteiger partial charge in [0.1, 0.15) is 5.75 Å². The van der Waals surface area contributed by atoms with Crippen LogP contribution in [-0.4, -0.2) is 29.0 Å². The van der Waals surface area contributed by atoms with Crippen molar-refractivity contribution in [2.24, 2.45) is 0 Å². The van der Waals surface area contributed by atoms with Gasteiger partial charge in [0.2, 0.25) is 0 Å². The van der Waals surface area contributed by atoms with Crippen molar-refractivity contribution in [1.29, 1.82) is 0 Å². The van der Waals surface area contributed by atoms with Crippen molar-refractivity contribution in [3.63, 3.8) is 0 Å². The van der Waals surface area contributed by atoms with E-state index in [2.05, 4.69) is 22.4 Å². The summed E-state index contributed by atoms with van der Waals surface area (Å²) in [5.74, 6) is 2.97. The molecule has 1 aliphatic heterocycles. The zero-order valence-electron chi connectivity index (χ0n) is 16.1. The highest BCUT2D eigenvalue weighted by molar-refractivity contribution is 8.16. The van der Waals surface area contributed by atoms with Crippen molar-refractivity contribution in [1.82, 2.24) is 4.98 Å². The van der Waals surface area contributed by atoms with Gasteiger partial charge in [0.25, 0.3) is 5.91 Å². The predicted molar refractivity (Wildman–Crippen MR) is 125 cm³/mol. The summed E-state index contributed by atoms with van der Waals surface area (Å²) in [6.45, 7) is 1.96. The lowest BCUT2D eigenvalue weighted by Gasteiger charge is -2.21. The van der Waals surface area contributed by atoms with Crippen molar-refractivity contribution < 1.29 is 9.53 Å². The van der Waals surface area contributed by atoms with E-state index < -0.39 is 0 Å². The smallest absolute Gasteiger partial charge is 0.262 e. The van der Waals surface area contributed by atoms with Gasteiger partial charge < -0.3 is 10.1 Å². The molecule has 1 aromatic heterocycles. The Bertz CT molecular complexity index is 966. The van der Waals surface area contributed by atoms with Gasteiger partial charge in [0.15, 0.2) is 6.61 Å². The zero-order chi connectivity index (χ0) is 20.1. The number of hydrogen-bond donors (Lipinski definition) is 1. The fourth-order valence-electron chi connectivity index (χ4n) is 3.00. The first-order chi connectivity index (χ1) is 14.2. The Morgan fingerprint density at radius 2 is 1.97 bits per heavy atom. The molecule has 150 valence electrons. The summed E-state index contributed by atoms with van der Waals surface area (Å²) in [7, 11) is 0. The van der Waals surface area contributed by atoms with E-state index in [1.165, 1.54) is 23.5 Å². The van der Waals surface area contributed by atoms with E-state index in [9.17, 15) is 4.79 Å². The van der Waals surface area contributed by atoms with Crippen molar-refractivity contribution in [3.8, 4) is 17.0 Å². The molecule has 1 N–H and O–H groups in total. The van der Waals surface area contributed by atoms with Gasteiger partial charge in [-0.2, -0.15) is 0 Å². The first-order valence-electron chi connectivity index (χ1n) is 9.46. The van der Waals surface area contributed by atoms with E-state index in [0.29, 0.717) is 10.3 Å². The summed E-state index contributed by atoms with van der Waals surface area (Å²) in [5, 5.41) is 5.94. The van der Waals surface area contributed by atoms with Crippen LogP contribution in [0.2, 0.25) is 0 Å². The van der Waals surface area contributed by atoms with E-state index in [0.717, 1.165) is 22.0 Å². The summed E-state index contributed by atoms with van der Waals surface area (Å²) in [6.07, 6.45) is 1.29. The molecule has 7 heteroatoms. The number of ether oxygens (including phenoxy) is 1. The molecule has 4 nitrogen and oxygen atoms in total. The molecule has 0 saturated carbocycles. The van der Waals surface area contributed by atoms with Crippen LogP contribution in [0, 0.1) is 6.92 Å². The summed E-state index contributed by atoms with van der Waals surface area (Å²) in [6, 6.07) is 15.8. The first kappa shape index (κ1) is 20.3. The maximum absolute atomic E-state index is 12.3. The van der Waals surface area contributed by atoms with Crippen LogP contribution in [0.15, 0.2) is 53.9 Å². The highest BCUT2D eigenvalue weighted by Gasteiger charge is 2.16. The Morgan fingerprint density at radius 1 is 1.17 bits per heavy atom. The fraction of sp³-hybridized carbons (Fsp3) is 0.273. The highest BCUT2D eigenvalue weighted by atomic mass is 32.2. The molecule has 0 radical (unpaired) electrons. The van der Waals surface area contributed by atoms with Crippen molar-refractivity contribution in [3.05, 3.63) is 64.5 Å². The van der Waals surface area contributed by atoms with Gasteiger partial charge in [-0.15, -0.1) is 34.9 Å². The fourth-order valence-corrected chi connectivity index (χ4v) is 6.52. The van der Waals surface area contributed by atoms with Gasteiger partial charge in [0, 0.05) is 16.6 Å². The Morgan fingerprint density at radius 3 is 2.69 bits per heavy atom. The van der Waals surface area contributed by atoms with Crippen LogP contribution in [0.25, 0.3) is 11.3 Å². The van der Waals surface area contributed by atoms with Crippen LogP contribution in [0.5, 0.6) is 5.75 Å². The molecular weight excluding hydrogens is 420 g/mol. The first-order valence-corrected chi connectivity index (χ1v) is 12.4. The third-order valence-corrected chi connectivity index (χ3v) is 8.20. The Labute approximate surface area is 183 Å². The van der Waals surface area contributed by atoms with Crippen molar-refractivity contribution in [2.75, 3.05) is 23.4 Å². The Kier molecular flexibility index (Phi) is 6.79. The highest BCUT2D eigenvalue weighted by Crippen LogP contribution is 2.43. The quantitative estimate of drug-likeness (QED) is 0.507. The van der Waals surface area contributed by atoms with E-state index >= 15 is 0 Å². The van der Waals surface area contributed by atoms with Crippen LogP contribution in [0.4, 0.5) is 5.69 Å². The standard InChI is InChI=1S/C22H22N2O2S3/c1-15-23-20(14-29-15)17-4-2-5-18(12-17)24-21(25)13-26-19-8-6-16(7-9-19)22-27-10-3-11-28-22/h2,4-9,12,14,22H,3,10-11,13H2,1H3,(H,24,25). The van der Waals surface area contributed by atoms with Gasteiger partial charge in [-0.25, -0.2) is 4.98 Å². The molecule has 1 amide bonds. The van der Waals surface area contributed by atoms with Gasteiger partial charge >= 0.3 is 0 Å². The second-order valence-electron chi connectivity index (χ2n) is 6.67. The summed E-state index contributed by atoms with van der Waals surface area (Å²) < 4.78 is 6.17.